The first-order valence-corrected chi connectivity index (χ1v) is 6.10. The van der Waals surface area contributed by atoms with E-state index in [1.807, 2.05) is 24.3 Å². The highest BCUT2D eigenvalue weighted by Crippen LogP contribution is 2.22. The molecule has 1 aromatic heterocycles. The van der Waals surface area contributed by atoms with Gasteiger partial charge in [-0.15, -0.1) is 11.3 Å². The van der Waals surface area contributed by atoms with Gasteiger partial charge in [-0.05, 0) is 24.3 Å². The van der Waals surface area contributed by atoms with Crippen LogP contribution in [-0.4, -0.2) is 18.1 Å². The number of carbonyl (C=O) groups excluding carboxylic acids is 1. The van der Waals surface area contributed by atoms with Crippen LogP contribution in [0.2, 0.25) is 0 Å². The molecule has 1 N–H and O–H groups in total. The van der Waals surface area contributed by atoms with Crippen molar-refractivity contribution >= 4 is 28.1 Å². The number of aromatic nitrogens is 1. The summed E-state index contributed by atoms with van der Waals surface area (Å²) in [4.78, 5) is 14.6. The molecule has 2 aromatic rings. The van der Waals surface area contributed by atoms with Gasteiger partial charge in [-0.2, -0.15) is 0 Å². The Morgan fingerprint density at radius 2 is 2.17 bits per heavy atom. The van der Waals surface area contributed by atoms with Crippen molar-refractivity contribution in [1.82, 2.24) is 4.98 Å². The van der Waals surface area contributed by atoms with Crippen LogP contribution in [0.3, 0.4) is 0 Å². The summed E-state index contributed by atoms with van der Waals surface area (Å²) in [5, 5.41) is 15.9. The fourth-order valence-corrected chi connectivity index (χ4v) is 2.12. The predicted molar refractivity (Wildman–Crippen MR) is 67.1 cm³/mol. The Kier molecular flexibility index (Phi) is 3.78. The molecule has 0 aliphatic rings. The van der Waals surface area contributed by atoms with Crippen LogP contribution in [-0.2, 0) is 11.2 Å². The Labute approximate surface area is 108 Å². The van der Waals surface area contributed by atoms with Crippen LogP contribution < -0.4 is 15.2 Å². The molecule has 0 radical (unpaired) electrons. The predicted octanol–water partition coefficient (Wildman–Crippen LogP) is 1.19. The lowest BCUT2D eigenvalue weighted by molar-refractivity contribution is -0.304. The number of nitrogens with one attached hydrogen (secondary N) is 1. The van der Waals surface area contributed by atoms with Gasteiger partial charge < -0.3 is 20.0 Å². The Morgan fingerprint density at radius 1 is 1.44 bits per heavy atom. The van der Waals surface area contributed by atoms with Gasteiger partial charge in [0.1, 0.15) is 5.75 Å². The Hall–Kier alpha value is -2.08. The molecule has 0 unspecified atom stereocenters. The summed E-state index contributed by atoms with van der Waals surface area (Å²) in [6.07, 6.45) is -0.166. The summed E-state index contributed by atoms with van der Waals surface area (Å²) in [7, 11) is 1.61. The molecule has 0 saturated heterocycles. The van der Waals surface area contributed by atoms with Gasteiger partial charge >= 0.3 is 0 Å². The number of methoxy groups -OCH3 is 1. The lowest BCUT2D eigenvalue weighted by Crippen LogP contribution is -2.24. The maximum Gasteiger partial charge on any atom is 0.187 e. The monoisotopic (exact) mass is 263 g/mol. The molecule has 0 bridgehead atoms. The molecule has 2 rings (SSSR count). The number of thiazole rings is 1. The van der Waals surface area contributed by atoms with E-state index in [1.54, 1.807) is 12.5 Å². The number of carboxylic acid groups (broad SMARTS) is 1. The quantitative estimate of drug-likeness (QED) is 0.877. The average Bonchev–Trinajstić information content (AvgIpc) is 2.76. The van der Waals surface area contributed by atoms with Crippen molar-refractivity contribution in [3.8, 4) is 5.75 Å². The first kappa shape index (κ1) is 12.4. The number of anilines is 2. The van der Waals surface area contributed by atoms with Crippen LogP contribution >= 0.6 is 11.3 Å². The van der Waals surface area contributed by atoms with E-state index in [0.717, 1.165) is 11.4 Å². The first-order chi connectivity index (χ1) is 8.67. The van der Waals surface area contributed by atoms with Crippen LogP contribution in [0.4, 0.5) is 10.8 Å². The lowest BCUT2D eigenvalue weighted by Gasteiger charge is -2.04. The third kappa shape index (κ3) is 3.21. The number of aliphatic carboxylic acids is 1. The maximum atomic E-state index is 10.4. The molecule has 0 spiro atoms. The topological polar surface area (TPSA) is 74.3 Å². The second-order valence-corrected chi connectivity index (χ2v) is 4.40. The molecule has 18 heavy (non-hydrogen) atoms. The number of carbonyl (C=O) groups is 1. The fraction of sp³-hybridized carbons (Fsp3) is 0.167. The van der Waals surface area contributed by atoms with Crippen LogP contribution in [0.5, 0.6) is 5.75 Å². The van der Waals surface area contributed by atoms with Gasteiger partial charge in [0.15, 0.2) is 5.13 Å². The molecule has 1 heterocycles. The van der Waals surface area contributed by atoms with E-state index in [2.05, 4.69) is 10.3 Å². The van der Waals surface area contributed by atoms with E-state index in [-0.39, 0.29) is 6.42 Å². The zero-order valence-corrected chi connectivity index (χ0v) is 10.5. The Morgan fingerprint density at radius 3 is 2.78 bits per heavy atom. The molecule has 0 amide bonds. The standard InChI is InChI=1S/C12H12N2O3S/c1-17-10-4-2-8(3-5-10)13-12-14-9(7-18-12)6-11(15)16/h2-5,7H,6H2,1H3,(H,13,14)(H,15,16)/p-1. The summed E-state index contributed by atoms with van der Waals surface area (Å²) in [5.74, 6) is -0.353. The molecule has 94 valence electrons. The third-order valence-electron chi connectivity index (χ3n) is 2.22. The highest BCUT2D eigenvalue weighted by Gasteiger charge is 2.02. The molecule has 6 heteroatoms. The molecule has 5 nitrogen and oxygen atoms in total. The number of hydrogen-bond acceptors (Lipinski definition) is 6. The number of benzene rings is 1. The van der Waals surface area contributed by atoms with Crippen LogP contribution in [0.25, 0.3) is 0 Å². The molecule has 0 saturated carbocycles. The third-order valence-corrected chi connectivity index (χ3v) is 3.03. The van der Waals surface area contributed by atoms with Crippen LogP contribution in [0.15, 0.2) is 29.6 Å². The van der Waals surface area contributed by atoms with Gasteiger partial charge in [0.25, 0.3) is 0 Å². The van der Waals surface area contributed by atoms with Crippen molar-refractivity contribution in [2.24, 2.45) is 0 Å². The van der Waals surface area contributed by atoms with Crippen molar-refractivity contribution in [2.45, 2.75) is 6.42 Å². The minimum absolute atomic E-state index is 0.166. The highest BCUT2D eigenvalue weighted by molar-refractivity contribution is 7.13. The minimum Gasteiger partial charge on any atom is -0.550 e. The molecule has 1 aromatic carbocycles. The number of rotatable bonds is 5. The van der Waals surface area contributed by atoms with Gasteiger partial charge in [0.05, 0.1) is 12.8 Å². The second-order valence-electron chi connectivity index (χ2n) is 3.55. The summed E-state index contributed by atoms with van der Waals surface area (Å²) >= 11 is 1.35. The molecule has 0 aliphatic carbocycles. The van der Waals surface area contributed by atoms with E-state index < -0.39 is 5.97 Å². The van der Waals surface area contributed by atoms with Crippen molar-refractivity contribution in [3.63, 3.8) is 0 Å². The summed E-state index contributed by atoms with van der Waals surface area (Å²) < 4.78 is 5.05. The summed E-state index contributed by atoms with van der Waals surface area (Å²) in [6.45, 7) is 0. The zero-order chi connectivity index (χ0) is 13.0. The van der Waals surface area contributed by atoms with Gasteiger partial charge in [0, 0.05) is 23.5 Å². The van der Waals surface area contributed by atoms with Gasteiger partial charge in [-0.25, -0.2) is 4.98 Å². The van der Waals surface area contributed by atoms with E-state index >= 15 is 0 Å². The number of nitrogens with zero attached hydrogens (tertiary/aromatic N) is 1. The Bertz CT molecular complexity index is 537. The number of carboxylic acids is 1. The van der Waals surface area contributed by atoms with Crippen LogP contribution in [0.1, 0.15) is 5.69 Å². The number of hydrogen-bond donors (Lipinski definition) is 1. The molecular weight excluding hydrogens is 252 g/mol. The first-order valence-electron chi connectivity index (χ1n) is 5.22. The summed E-state index contributed by atoms with van der Waals surface area (Å²) in [5.41, 5.74) is 1.36. The van der Waals surface area contributed by atoms with E-state index in [4.69, 9.17) is 4.74 Å². The SMILES string of the molecule is COc1ccc(Nc2nc(CC(=O)[O-])cs2)cc1. The van der Waals surface area contributed by atoms with E-state index in [1.165, 1.54) is 11.3 Å². The van der Waals surface area contributed by atoms with Gasteiger partial charge in [-0.3, -0.25) is 0 Å². The van der Waals surface area contributed by atoms with E-state index in [0.29, 0.717) is 10.8 Å². The molecular formula is C12H11N2O3S-. The molecule has 0 atom stereocenters. The number of ether oxygens (including phenoxy) is 1. The van der Waals surface area contributed by atoms with Crippen molar-refractivity contribution < 1.29 is 14.6 Å². The fourth-order valence-electron chi connectivity index (χ4n) is 1.39. The van der Waals surface area contributed by atoms with Gasteiger partial charge in [0.2, 0.25) is 0 Å². The Balaban J connectivity index is 2.03. The van der Waals surface area contributed by atoms with Gasteiger partial charge in [-0.1, -0.05) is 0 Å². The minimum atomic E-state index is -1.13. The molecule has 0 aliphatic heterocycles. The van der Waals surface area contributed by atoms with E-state index in [9.17, 15) is 9.90 Å². The summed E-state index contributed by atoms with van der Waals surface area (Å²) in [6, 6.07) is 7.38. The van der Waals surface area contributed by atoms with Crippen molar-refractivity contribution in [1.29, 1.82) is 0 Å². The van der Waals surface area contributed by atoms with Crippen molar-refractivity contribution in [2.75, 3.05) is 12.4 Å². The lowest BCUT2D eigenvalue weighted by atomic mass is 10.3. The maximum absolute atomic E-state index is 10.4. The molecule has 0 fully saturated rings. The van der Waals surface area contributed by atoms with Crippen molar-refractivity contribution in [3.05, 3.63) is 35.3 Å². The largest absolute Gasteiger partial charge is 0.550 e. The zero-order valence-electron chi connectivity index (χ0n) is 9.67. The van der Waals surface area contributed by atoms with Crippen LogP contribution in [0, 0.1) is 0 Å². The highest BCUT2D eigenvalue weighted by atomic mass is 32.1. The smallest absolute Gasteiger partial charge is 0.187 e. The normalized spacial score (nSPS) is 10.1. The average molecular weight is 263 g/mol. The second kappa shape index (κ2) is 5.50.